The molecule has 0 bridgehead atoms. The van der Waals surface area contributed by atoms with Gasteiger partial charge in [0.15, 0.2) is 0 Å². The lowest BCUT2D eigenvalue weighted by molar-refractivity contribution is -0.151. The Morgan fingerprint density at radius 2 is 2.16 bits per heavy atom. The molecule has 1 heterocycles. The first-order valence-electron chi connectivity index (χ1n) is 5.80. The summed E-state index contributed by atoms with van der Waals surface area (Å²) in [7, 11) is 0. The van der Waals surface area contributed by atoms with E-state index in [1.807, 2.05) is 6.07 Å². The molecule has 0 unspecified atom stereocenters. The first kappa shape index (κ1) is 12.8. The summed E-state index contributed by atoms with van der Waals surface area (Å²) < 4.78 is 0. The molecule has 1 aromatic rings. The minimum Gasteiger partial charge on any atom is -0.481 e. The number of carbonyl (C=O) groups excluding carboxylic acids is 1. The van der Waals surface area contributed by atoms with Crippen molar-refractivity contribution in [2.24, 2.45) is 5.92 Å². The van der Waals surface area contributed by atoms with Crippen LogP contribution in [0.3, 0.4) is 0 Å². The number of rotatable bonds is 3. The van der Waals surface area contributed by atoms with Crippen molar-refractivity contribution in [1.29, 1.82) is 5.26 Å². The average Bonchev–Trinajstić information content (AvgIpc) is 2.34. The molecule has 0 aromatic heterocycles. The summed E-state index contributed by atoms with van der Waals surface area (Å²) >= 11 is 0. The molecule has 19 heavy (non-hydrogen) atoms. The van der Waals surface area contributed by atoms with E-state index >= 15 is 0 Å². The van der Waals surface area contributed by atoms with Gasteiger partial charge in [0.2, 0.25) is 5.91 Å². The molecular formula is C14H12N2O3. The maximum absolute atomic E-state index is 11.7. The van der Waals surface area contributed by atoms with Crippen LogP contribution in [0.1, 0.15) is 11.1 Å². The lowest BCUT2D eigenvalue weighted by atomic mass is 10.0. The molecule has 1 fully saturated rings. The van der Waals surface area contributed by atoms with E-state index in [1.165, 1.54) is 11.0 Å². The highest BCUT2D eigenvalue weighted by molar-refractivity contribution is 5.93. The van der Waals surface area contributed by atoms with Gasteiger partial charge in [-0.2, -0.15) is 5.26 Å². The maximum Gasteiger partial charge on any atom is 0.310 e. The van der Waals surface area contributed by atoms with Crippen LogP contribution in [0.25, 0.3) is 6.08 Å². The Labute approximate surface area is 110 Å². The molecule has 5 nitrogen and oxygen atoms in total. The van der Waals surface area contributed by atoms with Gasteiger partial charge in [0, 0.05) is 19.2 Å². The molecule has 0 radical (unpaired) electrons. The first-order valence-corrected chi connectivity index (χ1v) is 5.80. The van der Waals surface area contributed by atoms with Gasteiger partial charge >= 0.3 is 5.97 Å². The standard InChI is InChI=1S/C14H12N2O3/c15-7-11-3-1-2-10(6-11)4-5-13(17)16-8-12(9-16)14(18)19/h1-6,12H,8-9H2,(H,18,19). The molecule has 1 saturated heterocycles. The summed E-state index contributed by atoms with van der Waals surface area (Å²) in [5.74, 6) is -1.52. The Kier molecular flexibility index (Phi) is 3.62. The number of benzene rings is 1. The second-order valence-electron chi connectivity index (χ2n) is 4.35. The van der Waals surface area contributed by atoms with E-state index in [9.17, 15) is 9.59 Å². The minimum absolute atomic E-state index is 0.208. The molecule has 1 aliphatic heterocycles. The van der Waals surface area contributed by atoms with Crippen LogP contribution in [0.4, 0.5) is 0 Å². The van der Waals surface area contributed by atoms with E-state index in [4.69, 9.17) is 10.4 Å². The fourth-order valence-electron chi connectivity index (χ4n) is 1.80. The van der Waals surface area contributed by atoms with Gasteiger partial charge in [-0.25, -0.2) is 0 Å². The summed E-state index contributed by atoms with van der Waals surface area (Å²) in [4.78, 5) is 23.8. The van der Waals surface area contributed by atoms with Gasteiger partial charge in [0.05, 0.1) is 17.6 Å². The molecule has 1 aromatic carbocycles. The Balaban J connectivity index is 1.94. The second-order valence-corrected chi connectivity index (χ2v) is 4.35. The molecule has 0 spiro atoms. The molecule has 0 saturated carbocycles. The van der Waals surface area contributed by atoms with Crippen molar-refractivity contribution in [3.63, 3.8) is 0 Å². The largest absolute Gasteiger partial charge is 0.481 e. The predicted molar refractivity (Wildman–Crippen MR) is 67.9 cm³/mol. The number of aliphatic carboxylic acids is 1. The van der Waals surface area contributed by atoms with Crippen LogP contribution < -0.4 is 0 Å². The lowest BCUT2D eigenvalue weighted by Gasteiger charge is -2.35. The summed E-state index contributed by atoms with van der Waals surface area (Å²) in [6, 6.07) is 8.93. The van der Waals surface area contributed by atoms with Crippen molar-refractivity contribution in [2.75, 3.05) is 13.1 Å². The fourth-order valence-corrected chi connectivity index (χ4v) is 1.80. The van der Waals surface area contributed by atoms with Gasteiger partial charge < -0.3 is 10.0 Å². The van der Waals surface area contributed by atoms with Crippen molar-refractivity contribution in [1.82, 2.24) is 4.90 Å². The molecule has 0 atom stereocenters. The number of carboxylic acid groups (broad SMARTS) is 1. The van der Waals surface area contributed by atoms with Gasteiger partial charge in [-0.3, -0.25) is 9.59 Å². The number of nitrogens with zero attached hydrogens (tertiary/aromatic N) is 2. The van der Waals surface area contributed by atoms with Crippen molar-refractivity contribution in [3.05, 3.63) is 41.5 Å². The molecular weight excluding hydrogens is 244 g/mol. The molecule has 96 valence electrons. The molecule has 2 rings (SSSR count). The van der Waals surface area contributed by atoms with Crippen LogP contribution in [0.5, 0.6) is 0 Å². The third-order valence-corrected chi connectivity index (χ3v) is 2.98. The van der Waals surface area contributed by atoms with Crippen molar-refractivity contribution in [2.45, 2.75) is 0 Å². The number of carbonyl (C=O) groups is 2. The number of likely N-dealkylation sites (tertiary alicyclic amines) is 1. The Hall–Kier alpha value is -2.61. The van der Waals surface area contributed by atoms with E-state index in [0.29, 0.717) is 5.56 Å². The van der Waals surface area contributed by atoms with Gasteiger partial charge in [-0.05, 0) is 23.8 Å². The number of hydrogen-bond donors (Lipinski definition) is 1. The zero-order chi connectivity index (χ0) is 13.8. The van der Waals surface area contributed by atoms with Crippen LogP contribution >= 0.6 is 0 Å². The first-order chi connectivity index (χ1) is 9.10. The molecule has 0 aliphatic carbocycles. The van der Waals surface area contributed by atoms with Gasteiger partial charge in [0.1, 0.15) is 0 Å². The van der Waals surface area contributed by atoms with Crippen LogP contribution in [-0.4, -0.2) is 35.0 Å². The zero-order valence-corrected chi connectivity index (χ0v) is 10.1. The topological polar surface area (TPSA) is 81.4 Å². The van der Waals surface area contributed by atoms with Crippen molar-refractivity contribution in [3.8, 4) is 6.07 Å². The van der Waals surface area contributed by atoms with Crippen LogP contribution in [0, 0.1) is 17.2 Å². The molecule has 1 N–H and O–H groups in total. The van der Waals surface area contributed by atoms with Gasteiger partial charge in [-0.1, -0.05) is 12.1 Å². The highest BCUT2D eigenvalue weighted by atomic mass is 16.4. The van der Waals surface area contributed by atoms with Crippen LogP contribution in [0.2, 0.25) is 0 Å². The number of amides is 1. The number of carboxylic acids is 1. The van der Waals surface area contributed by atoms with E-state index in [0.717, 1.165) is 5.56 Å². The summed E-state index contributed by atoms with van der Waals surface area (Å²) in [5, 5.41) is 17.5. The van der Waals surface area contributed by atoms with Crippen molar-refractivity contribution >= 4 is 18.0 Å². The quantitative estimate of drug-likeness (QED) is 0.821. The highest BCUT2D eigenvalue weighted by Gasteiger charge is 2.34. The fraction of sp³-hybridized carbons (Fsp3) is 0.214. The highest BCUT2D eigenvalue weighted by Crippen LogP contribution is 2.16. The minimum atomic E-state index is -0.866. The smallest absolute Gasteiger partial charge is 0.310 e. The SMILES string of the molecule is N#Cc1cccc(C=CC(=O)N2CC(C(=O)O)C2)c1. The van der Waals surface area contributed by atoms with Crippen LogP contribution in [0.15, 0.2) is 30.3 Å². The van der Waals surface area contributed by atoms with E-state index < -0.39 is 11.9 Å². The average molecular weight is 256 g/mol. The zero-order valence-electron chi connectivity index (χ0n) is 10.1. The van der Waals surface area contributed by atoms with E-state index in [2.05, 4.69) is 0 Å². The Bertz CT molecular complexity index is 581. The van der Waals surface area contributed by atoms with E-state index in [1.54, 1.807) is 30.3 Å². The van der Waals surface area contributed by atoms with E-state index in [-0.39, 0.29) is 19.0 Å². The van der Waals surface area contributed by atoms with Crippen LogP contribution in [-0.2, 0) is 9.59 Å². The normalized spacial score (nSPS) is 15.0. The lowest BCUT2D eigenvalue weighted by Crippen LogP contribution is -2.52. The Morgan fingerprint density at radius 3 is 2.79 bits per heavy atom. The Morgan fingerprint density at radius 1 is 1.42 bits per heavy atom. The third kappa shape index (κ3) is 2.99. The summed E-state index contributed by atoms with van der Waals surface area (Å²) in [6.45, 7) is 0.521. The number of hydrogen-bond acceptors (Lipinski definition) is 3. The summed E-state index contributed by atoms with van der Waals surface area (Å²) in [6.07, 6.45) is 3.02. The molecule has 5 heteroatoms. The monoisotopic (exact) mass is 256 g/mol. The third-order valence-electron chi connectivity index (χ3n) is 2.98. The van der Waals surface area contributed by atoms with Gasteiger partial charge in [-0.15, -0.1) is 0 Å². The van der Waals surface area contributed by atoms with Crippen molar-refractivity contribution < 1.29 is 14.7 Å². The second kappa shape index (κ2) is 5.36. The van der Waals surface area contributed by atoms with Gasteiger partial charge in [0.25, 0.3) is 0 Å². The molecule has 1 amide bonds. The molecule has 1 aliphatic rings. The number of nitriles is 1. The predicted octanol–water partition coefficient (Wildman–Crippen LogP) is 1.11. The maximum atomic E-state index is 11.7. The summed E-state index contributed by atoms with van der Waals surface area (Å²) in [5.41, 5.74) is 1.30.